The van der Waals surface area contributed by atoms with Crippen LogP contribution >= 0.6 is 0 Å². The van der Waals surface area contributed by atoms with Crippen LogP contribution in [-0.4, -0.2) is 14.8 Å². The number of aromatic nitrogens is 3. The lowest BCUT2D eigenvalue weighted by Crippen LogP contribution is -1.94. The maximum Gasteiger partial charge on any atom is 0.154 e. The van der Waals surface area contributed by atoms with Crippen LogP contribution in [0, 0.1) is 0 Å². The molecule has 1 aliphatic heterocycles. The van der Waals surface area contributed by atoms with Crippen LogP contribution in [-0.2, 0) is 13.0 Å². The Morgan fingerprint density at radius 1 is 1.04 bits per heavy atom. The van der Waals surface area contributed by atoms with Gasteiger partial charge in [-0.1, -0.05) is 18.2 Å². The summed E-state index contributed by atoms with van der Waals surface area (Å²) in [6.07, 6.45) is 5.79. The standard InChI is InChI=1S/C19H15N3O/c1-2-6-15-13(5-1)14(9-10-20-15)18-16-7-3-11-22(16)21-19(18)17-8-4-12-23-17/h1-2,4-6,8-10,12H,3,7,11H2. The third kappa shape index (κ3) is 1.84. The molecule has 4 nitrogen and oxygen atoms in total. The maximum atomic E-state index is 5.64. The molecule has 0 radical (unpaired) electrons. The van der Waals surface area contributed by atoms with Gasteiger partial charge in [-0.05, 0) is 42.7 Å². The third-order valence-electron chi connectivity index (χ3n) is 4.51. The molecule has 4 aromatic rings. The van der Waals surface area contributed by atoms with E-state index >= 15 is 0 Å². The lowest BCUT2D eigenvalue weighted by Gasteiger charge is -2.07. The van der Waals surface area contributed by atoms with Gasteiger partial charge < -0.3 is 4.42 Å². The Balaban J connectivity index is 1.86. The summed E-state index contributed by atoms with van der Waals surface area (Å²) in [5, 5.41) is 5.98. The Labute approximate surface area is 133 Å². The predicted molar refractivity (Wildman–Crippen MR) is 89.0 cm³/mol. The first-order valence-electron chi connectivity index (χ1n) is 7.89. The fraction of sp³-hybridized carbons (Fsp3) is 0.158. The van der Waals surface area contributed by atoms with Gasteiger partial charge in [-0.2, -0.15) is 5.10 Å². The Morgan fingerprint density at radius 3 is 2.91 bits per heavy atom. The van der Waals surface area contributed by atoms with Crippen LogP contribution in [0.3, 0.4) is 0 Å². The van der Waals surface area contributed by atoms with E-state index < -0.39 is 0 Å². The van der Waals surface area contributed by atoms with Crippen LogP contribution in [0.25, 0.3) is 33.5 Å². The molecular weight excluding hydrogens is 286 g/mol. The summed E-state index contributed by atoms with van der Waals surface area (Å²) in [5.41, 5.74) is 5.61. The number of hydrogen-bond donors (Lipinski definition) is 0. The van der Waals surface area contributed by atoms with Crippen molar-refractivity contribution in [1.82, 2.24) is 14.8 Å². The van der Waals surface area contributed by atoms with Gasteiger partial charge >= 0.3 is 0 Å². The minimum Gasteiger partial charge on any atom is -0.463 e. The topological polar surface area (TPSA) is 43.9 Å². The highest BCUT2D eigenvalue weighted by molar-refractivity contribution is 5.98. The van der Waals surface area contributed by atoms with Gasteiger partial charge in [0.25, 0.3) is 0 Å². The molecule has 0 saturated heterocycles. The number of furan rings is 1. The molecule has 23 heavy (non-hydrogen) atoms. The van der Waals surface area contributed by atoms with Crippen LogP contribution in [0.4, 0.5) is 0 Å². The summed E-state index contributed by atoms with van der Waals surface area (Å²) in [4.78, 5) is 4.49. The third-order valence-corrected chi connectivity index (χ3v) is 4.51. The minimum atomic E-state index is 0.822. The van der Waals surface area contributed by atoms with E-state index in [1.165, 1.54) is 16.8 Å². The van der Waals surface area contributed by atoms with Crippen LogP contribution in [0.15, 0.2) is 59.3 Å². The van der Waals surface area contributed by atoms with Crippen molar-refractivity contribution in [3.05, 3.63) is 60.6 Å². The summed E-state index contributed by atoms with van der Waals surface area (Å²) in [6.45, 7) is 0.978. The number of rotatable bonds is 2. The van der Waals surface area contributed by atoms with Crippen molar-refractivity contribution in [2.75, 3.05) is 0 Å². The summed E-state index contributed by atoms with van der Waals surface area (Å²) < 4.78 is 7.77. The number of para-hydroxylation sites is 1. The van der Waals surface area contributed by atoms with Crippen molar-refractivity contribution in [3.8, 4) is 22.6 Å². The van der Waals surface area contributed by atoms with Gasteiger partial charge in [-0.25, -0.2) is 0 Å². The molecule has 112 valence electrons. The molecule has 0 unspecified atom stereocenters. The molecule has 0 fully saturated rings. The second-order valence-corrected chi connectivity index (χ2v) is 5.85. The molecule has 0 amide bonds. The molecule has 4 heteroatoms. The minimum absolute atomic E-state index is 0.822. The Hall–Kier alpha value is -2.88. The molecule has 4 heterocycles. The number of hydrogen-bond acceptors (Lipinski definition) is 3. The van der Waals surface area contributed by atoms with E-state index in [0.29, 0.717) is 0 Å². The first-order valence-corrected chi connectivity index (χ1v) is 7.89. The summed E-state index contributed by atoms with van der Waals surface area (Å²) >= 11 is 0. The van der Waals surface area contributed by atoms with Crippen molar-refractivity contribution in [2.24, 2.45) is 0 Å². The highest BCUT2D eigenvalue weighted by atomic mass is 16.3. The van der Waals surface area contributed by atoms with Crippen LogP contribution in [0.2, 0.25) is 0 Å². The second-order valence-electron chi connectivity index (χ2n) is 5.85. The van der Waals surface area contributed by atoms with E-state index in [0.717, 1.165) is 41.7 Å². The molecule has 1 aliphatic rings. The molecule has 0 bridgehead atoms. The maximum absolute atomic E-state index is 5.64. The van der Waals surface area contributed by atoms with Crippen molar-refractivity contribution in [2.45, 2.75) is 19.4 Å². The zero-order valence-corrected chi connectivity index (χ0v) is 12.6. The molecule has 3 aromatic heterocycles. The van der Waals surface area contributed by atoms with Crippen LogP contribution < -0.4 is 0 Å². The highest BCUT2D eigenvalue weighted by Gasteiger charge is 2.25. The van der Waals surface area contributed by atoms with E-state index in [2.05, 4.69) is 33.9 Å². The quantitative estimate of drug-likeness (QED) is 0.554. The number of pyridine rings is 1. The molecule has 0 atom stereocenters. The summed E-state index contributed by atoms with van der Waals surface area (Å²) in [7, 11) is 0. The zero-order chi connectivity index (χ0) is 15.2. The molecular formula is C19H15N3O. The number of benzene rings is 1. The van der Waals surface area contributed by atoms with Gasteiger partial charge in [-0.3, -0.25) is 9.67 Å². The largest absolute Gasteiger partial charge is 0.463 e. The second kappa shape index (κ2) is 4.81. The monoisotopic (exact) mass is 301 g/mol. The predicted octanol–water partition coefficient (Wildman–Crippen LogP) is 4.30. The summed E-state index contributed by atoms with van der Waals surface area (Å²) in [5.74, 6) is 0.822. The number of aryl methyl sites for hydroxylation is 1. The van der Waals surface area contributed by atoms with Gasteiger partial charge in [0, 0.05) is 29.4 Å². The van der Waals surface area contributed by atoms with Crippen LogP contribution in [0.5, 0.6) is 0 Å². The normalized spacial score (nSPS) is 13.6. The lowest BCUT2D eigenvalue weighted by molar-refractivity contribution is 0.575. The van der Waals surface area contributed by atoms with Crippen molar-refractivity contribution < 1.29 is 4.42 Å². The fourth-order valence-electron chi connectivity index (χ4n) is 3.51. The molecule has 0 aliphatic carbocycles. The molecule has 1 aromatic carbocycles. The van der Waals surface area contributed by atoms with Crippen molar-refractivity contribution >= 4 is 10.9 Å². The summed E-state index contributed by atoms with van der Waals surface area (Å²) in [6, 6.07) is 14.2. The lowest BCUT2D eigenvalue weighted by atomic mass is 9.97. The molecule has 0 saturated carbocycles. The average molecular weight is 301 g/mol. The molecule has 5 rings (SSSR count). The van der Waals surface area contributed by atoms with Crippen molar-refractivity contribution in [1.29, 1.82) is 0 Å². The first-order chi connectivity index (χ1) is 11.4. The number of nitrogens with zero attached hydrogens (tertiary/aromatic N) is 3. The van der Waals surface area contributed by atoms with Gasteiger partial charge in [-0.15, -0.1) is 0 Å². The Morgan fingerprint density at radius 2 is 2.00 bits per heavy atom. The van der Waals surface area contributed by atoms with E-state index in [1.807, 2.05) is 24.4 Å². The van der Waals surface area contributed by atoms with Crippen molar-refractivity contribution in [3.63, 3.8) is 0 Å². The highest BCUT2D eigenvalue weighted by Crippen LogP contribution is 2.40. The average Bonchev–Trinajstić information content (AvgIpc) is 3.30. The van der Waals surface area contributed by atoms with E-state index in [-0.39, 0.29) is 0 Å². The first kappa shape index (κ1) is 12.6. The van der Waals surface area contributed by atoms with Gasteiger partial charge in [0.1, 0.15) is 5.69 Å². The van der Waals surface area contributed by atoms with Gasteiger partial charge in [0.2, 0.25) is 0 Å². The smallest absolute Gasteiger partial charge is 0.154 e. The van der Waals surface area contributed by atoms with E-state index in [9.17, 15) is 0 Å². The van der Waals surface area contributed by atoms with Gasteiger partial charge in [0.15, 0.2) is 5.76 Å². The zero-order valence-electron chi connectivity index (χ0n) is 12.6. The van der Waals surface area contributed by atoms with Crippen LogP contribution in [0.1, 0.15) is 12.1 Å². The number of fused-ring (bicyclic) bond motifs is 2. The Kier molecular flexibility index (Phi) is 2.65. The fourth-order valence-corrected chi connectivity index (χ4v) is 3.51. The van der Waals surface area contributed by atoms with Gasteiger partial charge in [0.05, 0.1) is 11.8 Å². The Bertz CT molecular complexity index is 994. The van der Waals surface area contributed by atoms with E-state index in [1.54, 1.807) is 6.26 Å². The SMILES string of the molecule is c1coc(-c2nn3c(c2-c2ccnc4ccccc24)CCC3)c1. The molecule has 0 N–H and O–H groups in total. The van der Waals surface area contributed by atoms with E-state index in [4.69, 9.17) is 9.52 Å². The molecule has 0 spiro atoms.